The number of aryl methyl sites for hydroxylation is 2. The first-order valence-corrected chi connectivity index (χ1v) is 12.2. The molecule has 1 atom stereocenters. The Morgan fingerprint density at radius 3 is 2.33 bits per heavy atom. The lowest BCUT2D eigenvalue weighted by atomic mass is 10.1. The summed E-state index contributed by atoms with van der Waals surface area (Å²) in [7, 11) is -3.02. The van der Waals surface area contributed by atoms with Gasteiger partial charge < -0.3 is 9.84 Å². The van der Waals surface area contributed by atoms with E-state index in [2.05, 4.69) is 4.98 Å². The highest BCUT2D eigenvalue weighted by atomic mass is 32.2. The molecule has 33 heavy (non-hydrogen) atoms. The topological polar surface area (TPSA) is 114 Å². The number of carbonyl (C=O) groups is 2. The predicted molar refractivity (Wildman–Crippen MR) is 123 cm³/mol. The summed E-state index contributed by atoms with van der Waals surface area (Å²) in [5.41, 5.74) is 1.66. The van der Waals surface area contributed by atoms with E-state index in [1.807, 2.05) is 6.92 Å². The normalized spacial score (nSPS) is 16.4. The number of amides is 1. The van der Waals surface area contributed by atoms with Gasteiger partial charge in [0.05, 0.1) is 17.7 Å². The second kappa shape index (κ2) is 8.45. The van der Waals surface area contributed by atoms with E-state index in [0.29, 0.717) is 11.3 Å². The Hall–Kier alpha value is -3.50. The maximum atomic E-state index is 13.6. The fourth-order valence-corrected chi connectivity index (χ4v) is 6.24. The molecule has 1 aromatic heterocycles. The molecular weight excluding hydrogens is 464 g/mol. The van der Waals surface area contributed by atoms with Gasteiger partial charge in [-0.2, -0.15) is 0 Å². The van der Waals surface area contributed by atoms with Crippen molar-refractivity contribution in [3.8, 4) is 0 Å². The van der Waals surface area contributed by atoms with Gasteiger partial charge in [-0.1, -0.05) is 59.4 Å². The molecule has 1 aliphatic heterocycles. The van der Waals surface area contributed by atoms with Gasteiger partial charge >= 0.3 is 5.97 Å². The van der Waals surface area contributed by atoms with E-state index in [1.165, 1.54) is 19.2 Å². The van der Waals surface area contributed by atoms with Crippen molar-refractivity contribution < 1.29 is 27.9 Å². The number of aliphatic hydroxyl groups excluding tert-OH is 1. The molecule has 10 heteroatoms. The smallest absolute Gasteiger partial charge is 0.350 e. The van der Waals surface area contributed by atoms with Crippen LogP contribution in [0.4, 0.5) is 5.13 Å². The van der Waals surface area contributed by atoms with E-state index >= 15 is 0 Å². The number of esters is 1. The minimum Gasteiger partial charge on any atom is -0.502 e. The van der Waals surface area contributed by atoms with Crippen LogP contribution >= 0.6 is 11.3 Å². The predicted octanol–water partition coefficient (Wildman–Crippen LogP) is 3.88. The number of hydrogen-bond acceptors (Lipinski definition) is 8. The van der Waals surface area contributed by atoms with Crippen molar-refractivity contribution in [2.24, 2.45) is 0 Å². The molecule has 1 N–H and O–H groups in total. The van der Waals surface area contributed by atoms with Gasteiger partial charge in [0.1, 0.15) is 15.8 Å². The van der Waals surface area contributed by atoms with Gasteiger partial charge in [-0.05, 0) is 31.5 Å². The molecule has 0 radical (unpaired) electrons. The molecule has 2 aromatic carbocycles. The summed E-state index contributed by atoms with van der Waals surface area (Å²) in [6.07, 6.45) is 0. The zero-order chi connectivity index (χ0) is 23.9. The summed E-state index contributed by atoms with van der Waals surface area (Å²) in [5.74, 6) is -2.42. The third-order valence-electron chi connectivity index (χ3n) is 5.26. The second-order valence-corrected chi connectivity index (χ2v) is 10.3. The summed E-state index contributed by atoms with van der Waals surface area (Å²) in [6.45, 7) is 3.41. The minimum absolute atomic E-state index is 0.0456. The van der Waals surface area contributed by atoms with Crippen LogP contribution in [0.3, 0.4) is 0 Å². The highest BCUT2D eigenvalue weighted by Crippen LogP contribution is 2.46. The van der Waals surface area contributed by atoms with E-state index in [-0.39, 0.29) is 14.9 Å². The van der Waals surface area contributed by atoms with E-state index in [0.717, 1.165) is 21.8 Å². The Bertz CT molecular complexity index is 1380. The summed E-state index contributed by atoms with van der Waals surface area (Å²) < 4.78 is 32.0. The second-order valence-electron chi connectivity index (χ2n) is 7.42. The van der Waals surface area contributed by atoms with Crippen molar-refractivity contribution in [2.75, 3.05) is 12.0 Å². The molecule has 0 bridgehead atoms. The molecule has 1 amide bonds. The number of aromatic nitrogens is 1. The SMILES string of the molecule is COC(=O)c1sc(N2C(=O)C(O)=C(S(=O)(=O)c3ccc(C)cc3)C2c2ccccc2)nc1C. The number of anilines is 1. The lowest BCUT2D eigenvalue weighted by molar-refractivity contribution is -0.117. The largest absolute Gasteiger partial charge is 0.502 e. The van der Waals surface area contributed by atoms with E-state index in [9.17, 15) is 23.1 Å². The van der Waals surface area contributed by atoms with Crippen LogP contribution in [0.15, 0.2) is 70.2 Å². The maximum absolute atomic E-state index is 13.6. The molecule has 1 unspecified atom stereocenters. The third-order valence-corrected chi connectivity index (χ3v) is 8.28. The zero-order valence-corrected chi connectivity index (χ0v) is 19.6. The average Bonchev–Trinajstić information content (AvgIpc) is 3.31. The van der Waals surface area contributed by atoms with Crippen molar-refractivity contribution in [2.45, 2.75) is 24.8 Å². The summed E-state index contributed by atoms with van der Waals surface area (Å²) >= 11 is 0.891. The Labute approximate surface area is 194 Å². The fraction of sp³-hybridized carbons (Fsp3) is 0.174. The van der Waals surface area contributed by atoms with Gasteiger partial charge in [-0.3, -0.25) is 9.69 Å². The summed E-state index contributed by atoms with van der Waals surface area (Å²) in [6, 6.07) is 13.5. The molecule has 170 valence electrons. The number of sulfone groups is 1. The van der Waals surface area contributed by atoms with Gasteiger partial charge in [0.2, 0.25) is 9.84 Å². The molecule has 8 nitrogen and oxygen atoms in total. The molecule has 0 saturated heterocycles. The Morgan fingerprint density at radius 2 is 1.73 bits per heavy atom. The van der Waals surface area contributed by atoms with Crippen LogP contribution < -0.4 is 4.90 Å². The number of benzene rings is 2. The number of thiazole rings is 1. The standard InChI is InChI=1S/C23H20N2O6S2/c1-13-9-11-16(12-10-13)33(29,30)20-17(15-7-5-4-6-8-15)25(21(27)18(20)26)23-24-14(2)19(32-23)22(28)31-3/h4-12,17,26H,1-3H3. The Kier molecular flexibility index (Phi) is 5.81. The molecule has 0 aliphatic carbocycles. The maximum Gasteiger partial charge on any atom is 0.350 e. The molecular formula is C23H20N2O6S2. The average molecular weight is 485 g/mol. The van der Waals surface area contributed by atoms with Crippen LogP contribution in [0, 0.1) is 13.8 Å². The molecule has 2 heterocycles. The van der Waals surface area contributed by atoms with Crippen molar-refractivity contribution >= 4 is 38.2 Å². The third kappa shape index (κ3) is 3.81. The lowest BCUT2D eigenvalue weighted by Gasteiger charge is -2.24. The highest BCUT2D eigenvalue weighted by Gasteiger charge is 2.48. The van der Waals surface area contributed by atoms with Crippen LogP contribution in [0.1, 0.15) is 32.5 Å². The summed E-state index contributed by atoms with van der Waals surface area (Å²) in [5, 5.41) is 10.9. The van der Waals surface area contributed by atoms with Crippen LogP contribution in [-0.4, -0.2) is 37.5 Å². The number of nitrogens with zero attached hydrogens (tertiary/aromatic N) is 2. The van der Waals surface area contributed by atoms with Crippen molar-refractivity contribution in [1.82, 2.24) is 4.98 Å². The number of hydrogen-bond donors (Lipinski definition) is 1. The molecule has 0 fully saturated rings. The van der Waals surface area contributed by atoms with Crippen LogP contribution in [-0.2, 0) is 19.4 Å². The number of ether oxygens (including phenoxy) is 1. The van der Waals surface area contributed by atoms with Crippen LogP contribution in [0.25, 0.3) is 0 Å². The number of aliphatic hydroxyl groups is 1. The van der Waals surface area contributed by atoms with E-state index in [4.69, 9.17) is 4.74 Å². The molecule has 3 aromatic rings. The first-order chi connectivity index (χ1) is 15.7. The molecule has 0 spiro atoms. The van der Waals surface area contributed by atoms with Crippen molar-refractivity contribution in [3.05, 3.63) is 87.0 Å². The lowest BCUT2D eigenvalue weighted by Crippen LogP contribution is -2.31. The molecule has 0 saturated carbocycles. The number of rotatable bonds is 5. The Morgan fingerprint density at radius 1 is 1.09 bits per heavy atom. The van der Waals surface area contributed by atoms with Gasteiger partial charge in [-0.25, -0.2) is 18.2 Å². The monoisotopic (exact) mass is 484 g/mol. The molecule has 4 rings (SSSR count). The number of carbonyl (C=O) groups excluding carboxylic acids is 2. The first kappa shape index (κ1) is 22.7. The zero-order valence-electron chi connectivity index (χ0n) is 18.0. The van der Waals surface area contributed by atoms with Crippen molar-refractivity contribution in [1.29, 1.82) is 0 Å². The minimum atomic E-state index is -4.25. The fourth-order valence-electron chi connectivity index (χ4n) is 3.60. The van der Waals surface area contributed by atoms with Crippen LogP contribution in [0.5, 0.6) is 0 Å². The van der Waals surface area contributed by atoms with Gasteiger partial charge in [-0.15, -0.1) is 0 Å². The number of methoxy groups -OCH3 is 1. The van der Waals surface area contributed by atoms with Gasteiger partial charge in [0, 0.05) is 0 Å². The Balaban J connectivity index is 1.92. The quantitative estimate of drug-likeness (QED) is 0.547. The highest BCUT2D eigenvalue weighted by molar-refractivity contribution is 7.95. The van der Waals surface area contributed by atoms with E-state index in [1.54, 1.807) is 49.4 Å². The summed E-state index contributed by atoms with van der Waals surface area (Å²) in [4.78, 5) is 30.4. The van der Waals surface area contributed by atoms with Crippen LogP contribution in [0.2, 0.25) is 0 Å². The van der Waals surface area contributed by atoms with Gasteiger partial charge in [0.25, 0.3) is 5.91 Å². The first-order valence-electron chi connectivity index (χ1n) is 9.86. The van der Waals surface area contributed by atoms with Gasteiger partial charge in [0.15, 0.2) is 10.9 Å². The van der Waals surface area contributed by atoms with Crippen molar-refractivity contribution in [3.63, 3.8) is 0 Å². The van der Waals surface area contributed by atoms with E-state index < -0.39 is 38.4 Å². The molecule has 1 aliphatic rings.